The zero-order valence-corrected chi connectivity index (χ0v) is 17.2. The predicted molar refractivity (Wildman–Crippen MR) is 110 cm³/mol. The Hall–Kier alpha value is -2.74. The van der Waals surface area contributed by atoms with Crippen molar-refractivity contribution in [2.24, 2.45) is 5.41 Å². The summed E-state index contributed by atoms with van der Waals surface area (Å²) in [6, 6.07) is 5.59. The molecule has 1 aromatic heterocycles. The molecule has 2 aliphatic heterocycles. The normalized spacial score (nSPS) is 21.5. The maximum Gasteiger partial charge on any atom is 0.257 e. The molecule has 3 heterocycles. The standard InChI is InChI=1S/C21H21N3O4S/c1-21(2)7-11-16(12(25)8-21)15(10-4-5-13-14(6-10)28-9-27-13)17-18(22-11)23-20(29-3)24-19(17)26/h4-6,15H,7-9H2,1-3H3,(H2,22,23,24,26)/t15-/m0/s1. The van der Waals surface area contributed by atoms with E-state index in [0.717, 1.165) is 17.7 Å². The van der Waals surface area contributed by atoms with Gasteiger partial charge in [0.1, 0.15) is 5.82 Å². The number of hydrogen-bond donors (Lipinski definition) is 2. The smallest absolute Gasteiger partial charge is 0.257 e. The molecule has 7 nitrogen and oxygen atoms in total. The van der Waals surface area contributed by atoms with Crippen molar-refractivity contribution in [3.8, 4) is 11.5 Å². The number of Topliss-reactive ketones (excluding diaryl/α,β-unsaturated/α-hetero) is 1. The Balaban J connectivity index is 1.75. The number of benzene rings is 1. The highest BCUT2D eigenvalue weighted by Crippen LogP contribution is 2.48. The van der Waals surface area contributed by atoms with Crippen molar-refractivity contribution in [1.82, 2.24) is 9.97 Å². The highest BCUT2D eigenvalue weighted by atomic mass is 32.2. The maximum absolute atomic E-state index is 13.2. The number of allylic oxidation sites excluding steroid dienone is 2. The zero-order chi connectivity index (χ0) is 20.3. The molecule has 5 rings (SSSR count). The number of H-pyrrole nitrogens is 1. The van der Waals surface area contributed by atoms with Crippen LogP contribution in [-0.4, -0.2) is 28.8 Å². The second-order valence-electron chi connectivity index (χ2n) is 8.34. The van der Waals surface area contributed by atoms with E-state index in [-0.39, 0.29) is 23.6 Å². The van der Waals surface area contributed by atoms with E-state index in [2.05, 4.69) is 29.1 Å². The Morgan fingerprint density at radius 3 is 2.76 bits per heavy atom. The molecule has 0 spiro atoms. The van der Waals surface area contributed by atoms with Crippen LogP contribution in [0.25, 0.3) is 0 Å². The summed E-state index contributed by atoms with van der Waals surface area (Å²) in [4.78, 5) is 33.7. The van der Waals surface area contributed by atoms with Gasteiger partial charge in [0.15, 0.2) is 22.4 Å². The van der Waals surface area contributed by atoms with E-state index in [1.165, 1.54) is 11.8 Å². The number of ketones is 1. The number of aromatic nitrogens is 2. The molecule has 0 saturated carbocycles. The first-order valence-corrected chi connectivity index (χ1v) is 10.7. The summed E-state index contributed by atoms with van der Waals surface area (Å²) in [5.41, 5.74) is 2.41. The molecular weight excluding hydrogens is 390 g/mol. The summed E-state index contributed by atoms with van der Waals surface area (Å²) < 4.78 is 11.0. The number of thioether (sulfide) groups is 1. The molecule has 29 heavy (non-hydrogen) atoms. The lowest BCUT2D eigenvalue weighted by Crippen LogP contribution is -2.37. The van der Waals surface area contributed by atoms with Crippen molar-refractivity contribution < 1.29 is 14.3 Å². The van der Waals surface area contributed by atoms with Crippen LogP contribution in [-0.2, 0) is 4.79 Å². The van der Waals surface area contributed by atoms with Gasteiger partial charge in [-0.05, 0) is 35.8 Å². The highest BCUT2D eigenvalue weighted by molar-refractivity contribution is 7.98. The number of ether oxygens (including phenoxy) is 2. The first-order valence-electron chi connectivity index (χ1n) is 9.47. The highest BCUT2D eigenvalue weighted by Gasteiger charge is 2.42. The molecule has 2 N–H and O–H groups in total. The molecule has 0 radical (unpaired) electrons. The number of nitrogens with zero attached hydrogens (tertiary/aromatic N) is 1. The number of carbonyl (C=O) groups is 1. The van der Waals surface area contributed by atoms with Crippen LogP contribution >= 0.6 is 11.8 Å². The van der Waals surface area contributed by atoms with Crippen molar-refractivity contribution >= 4 is 23.4 Å². The quantitative estimate of drug-likeness (QED) is 0.578. The summed E-state index contributed by atoms with van der Waals surface area (Å²) >= 11 is 1.37. The number of carbonyl (C=O) groups excluding carboxylic acids is 1. The van der Waals surface area contributed by atoms with Gasteiger partial charge in [0.25, 0.3) is 5.56 Å². The monoisotopic (exact) mass is 411 g/mol. The molecule has 2 aromatic rings. The largest absolute Gasteiger partial charge is 0.454 e. The van der Waals surface area contributed by atoms with Crippen LogP contribution in [0.5, 0.6) is 11.5 Å². The number of fused-ring (bicyclic) bond motifs is 2. The molecule has 1 aromatic carbocycles. The lowest BCUT2D eigenvalue weighted by atomic mass is 9.69. The Bertz CT molecular complexity index is 1140. The number of rotatable bonds is 2. The van der Waals surface area contributed by atoms with Gasteiger partial charge in [0, 0.05) is 23.6 Å². The number of hydrogen-bond acceptors (Lipinski definition) is 7. The number of nitrogens with one attached hydrogen (secondary N) is 2. The molecule has 0 amide bonds. The van der Waals surface area contributed by atoms with Crippen LogP contribution in [0.15, 0.2) is 39.4 Å². The fourth-order valence-corrected chi connectivity index (χ4v) is 4.79. The summed E-state index contributed by atoms with van der Waals surface area (Å²) in [6.45, 7) is 4.34. The lowest BCUT2D eigenvalue weighted by molar-refractivity contribution is -0.118. The minimum Gasteiger partial charge on any atom is -0.454 e. The van der Waals surface area contributed by atoms with Gasteiger partial charge < -0.3 is 19.8 Å². The molecule has 3 aliphatic rings. The van der Waals surface area contributed by atoms with E-state index in [1.54, 1.807) is 0 Å². The van der Waals surface area contributed by atoms with Gasteiger partial charge in [0.05, 0.1) is 5.56 Å². The fourth-order valence-electron chi connectivity index (χ4n) is 4.42. The van der Waals surface area contributed by atoms with Crippen LogP contribution < -0.4 is 20.3 Å². The summed E-state index contributed by atoms with van der Waals surface area (Å²) in [5.74, 6) is 1.37. The van der Waals surface area contributed by atoms with Crippen LogP contribution in [0.1, 0.15) is 43.7 Å². The van der Waals surface area contributed by atoms with Crippen LogP contribution in [0.2, 0.25) is 0 Å². The minimum atomic E-state index is -0.494. The Morgan fingerprint density at radius 2 is 1.97 bits per heavy atom. The van der Waals surface area contributed by atoms with Gasteiger partial charge >= 0.3 is 0 Å². The van der Waals surface area contributed by atoms with E-state index in [9.17, 15) is 9.59 Å². The second-order valence-corrected chi connectivity index (χ2v) is 9.14. The topological polar surface area (TPSA) is 93.3 Å². The van der Waals surface area contributed by atoms with E-state index in [1.807, 2.05) is 24.5 Å². The Morgan fingerprint density at radius 1 is 1.17 bits per heavy atom. The number of anilines is 1. The van der Waals surface area contributed by atoms with E-state index in [0.29, 0.717) is 40.0 Å². The van der Waals surface area contributed by atoms with Gasteiger partial charge in [-0.25, -0.2) is 4.98 Å². The van der Waals surface area contributed by atoms with Crippen LogP contribution in [0.3, 0.4) is 0 Å². The van der Waals surface area contributed by atoms with Crippen molar-refractivity contribution in [1.29, 1.82) is 0 Å². The molecule has 150 valence electrons. The van der Waals surface area contributed by atoms with Gasteiger partial charge in [-0.15, -0.1) is 0 Å². The molecule has 1 atom stereocenters. The van der Waals surface area contributed by atoms with Crippen molar-refractivity contribution in [3.63, 3.8) is 0 Å². The van der Waals surface area contributed by atoms with Crippen molar-refractivity contribution in [2.75, 3.05) is 18.4 Å². The molecule has 1 aliphatic carbocycles. The second kappa shape index (κ2) is 6.38. The molecule has 0 bridgehead atoms. The Labute approximate surface area is 171 Å². The summed E-state index contributed by atoms with van der Waals surface area (Å²) in [7, 11) is 0. The molecule has 0 saturated heterocycles. The van der Waals surface area contributed by atoms with Crippen LogP contribution in [0.4, 0.5) is 5.82 Å². The SMILES string of the molecule is CSc1nc2c(c(=O)[nH]1)[C@@H](c1ccc3c(c1)OCO3)C1=C(CC(C)(C)CC1=O)N2. The van der Waals surface area contributed by atoms with E-state index < -0.39 is 5.92 Å². The lowest BCUT2D eigenvalue weighted by Gasteiger charge is -2.38. The number of aromatic amines is 1. The third kappa shape index (κ3) is 2.93. The molecular formula is C21H21N3O4S. The van der Waals surface area contributed by atoms with Gasteiger partial charge in [0.2, 0.25) is 6.79 Å². The van der Waals surface area contributed by atoms with Crippen molar-refractivity contribution in [3.05, 3.63) is 50.9 Å². The minimum absolute atomic E-state index is 0.0606. The van der Waals surface area contributed by atoms with Gasteiger partial charge in [-0.1, -0.05) is 31.7 Å². The first kappa shape index (κ1) is 18.3. The van der Waals surface area contributed by atoms with E-state index in [4.69, 9.17) is 9.47 Å². The average Bonchev–Trinajstić information content (AvgIpc) is 3.12. The summed E-state index contributed by atoms with van der Waals surface area (Å²) in [6.07, 6.45) is 3.02. The fraction of sp³-hybridized carbons (Fsp3) is 0.381. The van der Waals surface area contributed by atoms with Gasteiger partial charge in [-0.3, -0.25) is 9.59 Å². The maximum atomic E-state index is 13.2. The zero-order valence-electron chi connectivity index (χ0n) is 16.4. The van der Waals surface area contributed by atoms with Gasteiger partial charge in [-0.2, -0.15) is 0 Å². The molecule has 0 unspecified atom stereocenters. The molecule has 0 fully saturated rings. The predicted octanol–water partition coefficient (Wildman–Crippen LogP) is 3.42. The summed E-state index contributed by atoms with van der Waals surface area (Å²) in [5, 5.41) is 3.85. The Kier molecular flexibility index (Phi) is 4.03. The van der Waals surface area contributed by atoms with Crippen molar-refractivity contribution in [2.45, 2.75) is 37.8 Å². The third-order valence-electron chi connectivity index (χ3n) is 5.62. The first-order chi connectivity index (χ1) is 13.9. The third-order valence-corrected chi connectivity index (χ3v) is 6.20. The molecule has 8 heteroatoms. The van der Waals surface area contributed by atoms with E-state index >= 15 is 0 Å². The average molecular weight is 411 g/mol. The van der Waals surface area contributed by atoms with Crippen LogP contribution in [0, 0.1) is 5.41 Å².